The Labute approximate surface area is 194 Å². The van der Waals surface area contributed by atoms with E-state index in [9.17, 15) is 19.7 Å². The van der Waals surface area contributed by atoms with Crippen LogP contribution in [0.2, 0.25) is 0 Å². The van der Waals surface area contributed by atoms with Crippen LogP contribution in [0.1, 0.15) is 83.6 Å². The van der Waals surface area contributed by atoms with E-state index in [1.54, 1.807) is 12.1 Å². The molecule has 4 rings (SSSR count). The summed E-state index contributed by atoms with van der Waals surface area (Å²) < 4.78 is 5.97. The van der Waals surface area contributed by atoms with Gasteiger partial charge in [0.25, 0.3) is 5.69 Å². The van der Waals surface area contributed by atoms with Gasteiger partial charge in [-0.25, -0.2) is 4.79 Å². The van der Waals surface area contributed by atoms with Crippen molar-refractivity contribution in [2.75, 3.05) is 0 Å². The summed E-state index contributed by atoms with van der Waals surface area (Å²) in [6.45, 7) is 5.97. The first-order valence-electron chi connectivity index (χ1n) is 11.9. The van der Waals surface area contributed by atoms with Gasteiger partial charge in [0.15, 0.2) is 5.78 Å². The van der Waals surface area contributed by atoms with E-state index in [1.165, 1.54) is 12.1 Å². The minimum Gasteiger partial charge on any atom is -0.459 e. The quantitative estimate of drug-likeness (QED) is 0.282. The Bertz CT molecular complexity index is 1030. The van der Waals surface area contributed by atoms with Crippen molar-refractivity contribution in [1.29, 1.82) is 0 Å². The van der Waals surface area contributed by atoms with Gasteiger partial charge in [0.1, 0.15) is 6.10 Å². The first kappa shape index (κ1) is 23.2. The van der Waals surface area contributed by atoms with Crippen LogP contribution in [0.5, 0.6) is 0 Å². The highest BCUT2D eigenvalue weighted by atomic mass is 16.6. The zero-order valence-electron chi connectivity index (χ0n) is 19.6. The van der Waals surface area contributed by atoms with Crippen molar-refractivity contribution in [2.45, 2.75) is 84.2 Å². The second kappa shape index (κ2) is 9.12. The third-order valence-electron chi connectivity index (χ3n) is 6.97. The molecule has 0 spiro atoms. The van der Waals surface area contributed by atoms with Crippen LogP contribution in [-0.4, -0.2) is 22.8 Å². The van der Waals surface area contributed by atoms with Crippen LogP contribution in [0, 0.1) is 15.5 Å². The van der Waals surface area contributed by atoms with Crippen molar-refractivity contribution < 1.29 is 19.2 Å². The van der Waals surface area contributed by atoms with Gasteiger partial charge in [-0.1, -0.05) is 38.8 Å². The Hall–Kier alpha value is -2.96. The summed E-state index contributed by atoms with van der Waals surface area (Å²) in [6, 6.07) is 6.16. The van der Waals surface area contributed by atoms with Gasteiger partial charge in [0.2, 0.25) is 0 Å². The predicted molar refractivity (Wildman–Crippen MR) is 124 cm³/mol. The first-order chi connectivity index (χ1) is 15.7. The lowest BCUT2D eigenvalue weighted by molar-refractivity contribution is -0.384. The highest BCUT2D eigenvalue weighted by Crippen LogP contribution is 2.47. The first-order valence-corrected chi connectivity index (χ1v) is 11.9. The maximum atomic E-state index is 13.5. The number of esters is 1. The Balaban J connectivity index is 1.74. The minimum atomic E-state index is -0.594. The van der Waals surface area contributed by atoms with E-state index in [0.29, 0.717) is 35.2 Å². The number of carbonyl (C=O) groups excluding carboxylic acids is 2. The molecule has 3 aliphatic rings. The van der Waals surface area contributed by atoms with Crippen molar-refractivity contribution in [2.24, 2.45) is 5.41 Å². The zero-order valence-corrected chi connectivity index (χ0v) is 19.6. The second-order valence-corrected chi connectivity index (χ2v) is 10.3. The number of benzene rings is 1. The molecule has 0 radical (unpaired) electrons. The number of nitro groups is 1. The van der Waals surface area contributed by atoms with Gasteiger partial charge in [0.05, 0.1) is 10.5 Å². The summed E-state index contributed by atoms with van der Waals surface area (Å²) in [7, 11) is 0. The van der Waals surface area contributed by atoms with E-state index < -0.39 is 16.8 Å². The fraction of sp³-hybridized carbons (Fsp3) is 0.538. The van der Waals surface area contributed by atoms with Gasteiger partial charge in [0, 0.05) is 41.4 Å². The standard InChI is InChI=1S/C26H32N2O5/c1-16-22(25(30)33-19-8-6-4-5-7-9-19)23(17-10-12-18(13-11-17)28(31)32)24-20(27-16)14-26(2,3)15-21(24)29/h10-13,19,23,27H,4-9,14-15H2,1-3H3/t23-/m0/s1. The molecule has 1 atom stereocenters. The lowest BCUT2D eigenvalue weighted by Gasteiger charge is -2.39. The summed E-state index contributed by atoms with van der Waals surface area (Å²) in [5, 5.41) is 14.5. The molecule has 0 aromatic heterocycles. The van der Waals surface area contributed by atoms with Crippen molar-refractivity contribution >= 4 is 17.4 Å². The SMILES string of the molecule is CC1=C(C(=O)OC2CCCCCC2)[C@H](c2ccc([N+](=O)[O-])cc2)C2=C(CC(C)(C)CC2=O)N1. The molecule has 1 N–H and O–H groups in total. The number of hydrogen-bond acceptors (Lipinski definition) is 6. The van der Waals surface area contributed by atoms with Crippen LogP contribution < -0.4 is 5.32 Å². The molecule has 2 aliphatic carbocycles. The van der Waals surface area contributed by atoms with E-state index in [2.05, 4.69) is 19.2 Å². The van der Waals surface area contributed by atoms with Crippen molar-refractivity contribution in [3.63, 3.8) is 0 Å². The number of rotatable bonds is 4. The largest absolute Gasteiger partial charge is 0.459 e. The van der Waals surface area contributed by atoms with Crippen LogP contribution in [0.15, 0.2) is 46.8 Å². The number of nitrogens with zero attached hydrogens (tertiary/aromatic N) is 1. The van der Waals surface area contributed by atoms with Gasteiger partial charge in [-0.05, 0) is 50.0 Å². The molecule has 7 heteroatoms. The zero-order chi connectivity index (χ0) is 23.8. The average molecular weight is 453 g/mol. The Kier molecular flexibility index (Phi) is 6.41. The van der Waals surface area contributed by atoms with Crippen LogP contribution in [0.4, 0.5) is 5.69 Å². The molecule has 0 saturated heterocycles. The molecule has 0 bridgehead atoms. The third kappa shape index (κ3) is 4.87. The fourth-order valence-corrected chi connectivity index (χ4v) is 5.40. The molecule has 0 amide bonds. The maximum Gasteiger partial charge on any atom is 0.337 e. The van der Waals surface area contributed by atoms with Gasteiger partial charge < -0.3 is 10.1 Å². The van der Waals surface area contributed by atoms with E-state index in [0.717, 1.165) is 44.2 Å². The van der Waals surface area contributed by atoms with Crippen LogP contribution in [-0.2, 0) is 14.3 Å². The number of ether oxygens (including phenoxy) is 1. The predicted octanol–water partition coefficient (Wildman–Crippen LogP) is 5.46. The summed E-state index contributed by atoms with van der Waals surface area (Å²) in [4.78, 5) is 37.5. The van der Waals surface area contributed by atoms with Gasteiger partial charge in [-0.15, -0.1) is 0 Å². The van der Waals surface area contributed by atoms with E-state index >= 15 is 0 Å². The maximum absolute atomic E-state index is 13.5. The number of dihydropyridines is 1. The summed E-state index contributed by atoms with van der Waals surface area (Å²) in [6.07, 6.45) is 7.08. The number of ketones is 1. The molecule has 176 valence electrons. The molecular weight excluding hydrogens is 420 g/mol. The van der Waals surface area contributed by atoms with E-state index in [1.807, 2.05) is 6.92 Å². The lowest BCUT2D eigenvalue weighted by Crippen LogP contribution is -2.39. The smallest absolute Gasteiger partial charge is 0.337 e. The number of Topliss-reactive ketones (excluding diaryl/α,β-unsaturated/α-hetero) is 1. The summed E-state index contributed by atoms with van der Waals surface area (Å²) >= 11 is 0. The number of nitrogens with one attached hydrogen (secondary N) is 1. The molecule has 1 saturated carbocycles. The number of hydrogen-bond donors (Lipinski definition) is 1. The van der Waals surface area contributed by atoms with Gasteiger partial charge in [-0.3, -0.25) is 14.9 Å². The van der Waals surface area contributed by atoms with E-state index in [4.69, 9.17) is 4.74 Å². The van der Waals surface area contributed by atoms with Crippen molar-refractivity contribution in [3.8, 4) is 0 Å². The molecule has 7 nitrogen and oxygen atoms in total. The number of nitro benzene ring substituents is 1. The highest BCUT2D eigenvalue weighted by molar-refractivity contribution is 6.04. The second-order valence-electron chi connectivity index (χ2n) is 10.3. The molecule has 1 aliphatic heterocycles. The number of carbonyl (C=O) groups is 2. The van der Waals surface area contributed by atoms with Gasteiger partial charge >= 0.3 is 5.97 Å². The van der Waals surface area contributed by atoms with Gasteiger partial charge in [-0.2, -0.15) is 0 Å². The van der Waals surface area contributed by atoms with Crippen LogP contribution >= 0.6 is 0 Å². The van der Waals surface area contributed by atoms with Crippen LogP contribution in [0.25, 0.3) is 0 Å². The topological polar surface area (TPSA) is 98.5 Å². The van der Waals surface area contributed by atoms with Crippen molar-refractivity contribution in [1.82, 2.24) is 5.32 Å². The Morgan fingerprint density at radius 3 is 2.33 bits per heavy atom. The molecule has 1 aromatic rings. The average Bonchev–Trinajstić information content (AvgIpc) is 3.00. The number of allylic oxidation sites excluding steroid dienone is 3. The van der Waals surface area contributed by atoms with Crippen molar-refractivity contribution in [3.05, 3.63) is 62.5 Å². The molecule has 33 heavy (non-hydrogen) atoms. The fourth-order valence-electron chi connectivity index (χ4n) is 5.40. The minimum absolute atomic E-state index is 0.00405. The third-order valence-corrected chi connectivity index (χ3v) is 6.97. The lowest BCUT2D eigenvalue weighted by atomic mass is 9.68. The molecular formula is C26H32N2O5. The summed E-state index contributed by atoms with van der Waals surface area (Å²) in [5.74, 6) is -0.993. The van der Waals surface area contributed by atoms with E-state index in [-0.39, 0.29) is 23.0 Å². The molecule has 0 unspecified atom stereocenters. The Morgan fingerprint density at radius 2 is 1.73 bits per heavy atom. The number of non-ortho nitro benzene ring substituents is 1. The normalized spacial score (nSPS) is 23.5. The summed E-state index contributed by atoms with van der Waals surface area (Å²) in [5.41, 5.74) is 3.02. The molecule has 1 heterocycles. The highest BCUT2D eigenvalue weighted by Gasteiger charge is 2.43. The molecule has 1 aromatic carbocycles. The molecule has 1 fully saturated rings. The Morgan fingerprint density at radius 1 is 1.09 bits per heavy atom. The monoisotopic (exact) mass is 452 g/mol. The van der Waals surface area contributed by atoms with Crippen LogP contribution in [0.3, 0.4) is 0 Å².